The number of hydrogen-bond donors (Lipinski definition) is 2. The molecule has 2 rings (SSSR count). The molecule has 1 aromatic rings. The third-order valence-electron chi connectivity index (χ3n) is 4.05. The molecule has 1 aromatic carbocycles. The molecule has 122 valence electrons. The molecule has 0 saturated carbocycles. The number of aliphatic hydroxyl groups excluding tert-OH is 2. The molecular formula is C18H26O4. The molecule has 1 aliphatic heterocycles. The van der Waals surface area contributed by atoms with Crippen molar-refractivity contribution < 1.29 is 19.7 Å². The predicted octanol–water partition coefficient (Wildman–Crippen LogP) is 2.30. The van der Waals surface area contributed by atoms with Crippen molar-refractivity contribution >= 4 is 0 Å². The number of rotatable bonds is 11. The topological polar surface area (TPSA) is 62.2 Å². The first kappa shape index (κ1) is 17.2. The van der Waals surface area contributed by atoms with Crippen molar-refractivity contribution in [1.29, 1.82) is 0 Å². The zero-order valence-electron chi connectivity index (χ0n) is 12.9. The predicted molar refractivity (Wildman–Crippen MR) is 85.4 cm³/mol. The van der Waals surface area contributed by atoms with Crippen molar-refractivity contribution in [2.24, 2.45) is 5.92 Å². The standard InChI is InChI=1S/C18H26O4/c1-2-16(19)15(18(20)17-13-22-17)10-6-7-11-21-12-14-8-4-3-5-9-14/h2-5,8-9,15-20H,1,6-7,10-13H2/t15-,16+,17+,18+/m0/s1. The van der Waals surface area contributed by atoms with Crippen LogP contribution in [0.3, 0.4) is 0 Å². The molecule has 1 fully saturated rings. The monoisotopic (exact) mass is 306 g/mol. The Morgan fingerprint density at radius 2 is 2.00 bits per heavy atom. The first-order valence-electron chi connectivity index (χ1n) is 7.94. The van der Waals surface area contributed by atoms with E-state index in [1.54, 1.807) is 0 Å². The van der Waals surface area contributed by atoms with Crippen LogP contribution in [0, 0.1) is 5.92 Å². The highest BCUT2D eigenvalue weighted by Crippen LogP contribution is 2.27. The number of ether oxygens (including phenoxy) is 2. The van der Waals surface area contributed by atoms with Gasteiger partial charge >= 0.3 is 0 Å². The van der Waals surface area contributed by atoms with Gasteiger partial charge in [-0.15, -0.1) is 6.58 Å². The van der Waals surface area contributed by atoms with Gasteiger partial charge in [-0.25, -0.2) is 0 Å². The molecule has 4 atom stereocenters. The Hall–Kier alpha value is -1.20. The first-order chi connectivity index (χ1) is 10.7. The van der Waals surface area contributed by atoms with Crippen LogP contribution < -0.4 is 0 Å². The summed E-state index contributed by atoms with van der Waals surface area (Å²) in [7, 11) is 0. The third-order valence-corrected chi connectivity index (χ3v) is 4.05. The maximum Gasteiger partial charge on any atom is 0.107 e. The van der Waals surface area contributed by atoms with Crippen LogP contribution in [0.25, 0.3) is 0 Å². The molecule has 0 amide bonds. The summed E-state index contributed by atoms with van der Waals surface area (Å²) in [5, 5.41) is 20.1. The Labute approximate surface area is 132 Å². The number of epoxide rings is 1. The van der Waals surface area contributed by atoms with Crippen LogP contribution in [0.15, 0.2) is 43.0 Å². The van der Waals surface area contributed by atoms with E-state index in [1.165, 1.54) is 11.6 Å². The second kappa shape index (κ2) is 9.06. The van der Waals surface area contributed by atoms with E-state index in [-0.39, 0.29) is 12.0 Å². The fourth-order valence-electron chi connectivity index (χ4n) is 2.60. The van der Waals surface area contributed by atoms with Crippen molar-refractivity contribution in [3.63, 3.8) is 0 Å². The summed E-state index contributed by atoms with van der Waals surface area (Å²) in [5.41, 5.74) is 1.17. The third kappa shape index (κ3) is 5.54. The Balaban J connectivity index is 1.62. The largest absolute Gasteiger partial charge is 0.390 e. The number of aliphatic hydroxyl groups is 2. The molecule has 1 saturated heterocycles. The quantitative estimate of drug-likeness (QED) is 0.374. The molecule has 0 unspecified atom stereocenters. The maximum absolute atomic E-state index is 10.1. The van der Waals surface area contributed by atoms with Crippen LogP contribution in [0.4, 0.5) is 0 Å². The van der Waals surface area contributed by atoms with Gasteiger partial charge in [0.2, 0.25) is 0 Å². The molecule has 4 nitrogen and oxygen atoms in total. The Morgan fingerprint density at radius 1 is 1.27 bits per heavy atom. The number of hydrogen-bond acceptors (Lipinski definition) is 4. The minimum atomic E-state index is -0.690. The van der Waals surface area contributed by atoms with E-state index in [1.807, 2.05) is 30.3 Å². The van der Waals surface area contributed by atoms with Crippen LogP contribution in [0.5, 0.6) is 0 Å². The zero-order valence-corrected chi connectivity index (χ0v) is 12.9. The van der Waals surface area contributed by atoms with Crippen molar-refractivity contribution in [2.75, 3.05) is 13.2 Å². The summed E-state index contributed by atoms with van der Waals surface area (Å²) < 4.78 is 10.8. The van der Waals surface area contributed by atoms with Gasteiger partial charge in [0.1, 0.15) is 6.10 Å². The van der Waals surface area contributed by atoms with E-state index in [0.29, 0.717) is 19.8 Å². The lowest BCUT2D eigenvalue weighted by molar-refractivity contribution is 0.0115. The second-order valence-corrected chi connectivity index (χ2v) is 5.79. The van der Waals surface area contributed by atoms with Crippen molar-refractivity contribution in [3.05, 3.63) is 48.6 Å². The number of unbranched alkanes of at least 4 members (excludes halogenated alkanes) is 1. The van der Waals surface area contributed by atoms with Crippen LogP contribution in [0.2, 0.25) is 0 Å². The van der Waals surface area contributed by atoms with Crippen LogP contribution >= 0.6 is 0 Å². The van der Waals surface area contributed by atoms with Gasteiger partial charge in [-0.3, -0.25) is 0 Å². The van der Waals surface area contributed by atoms with Gasteiger partial charge in [0.05, 0.1) is 25.4 Å². The molecule has 4 heteroatoms. The average Bonchev–Trinajstić information content (AvgIpc) is 3.39. The van der Waals surface area contributed by atoms with E-state index in [0.717, 1.165) is 19.3 Å². The summed E-state index contributed by atoms with van der Waals surface area (Å²) in [6.07, 6.45) is 2.61. The lowest BCUT2D eigenvalue weighted by Gasteiger charge is -2.24. The average molecular weight is 306 g/mol. The smallest absolute Gasteiger partial charge is 0.107 e. The molecule has 1 aliphatic rings. The fraction of sp³-hybridized carbons (Fsp3) is 0.556. The molecular weight excluding hydrogens is 280 g/mol. The Kier molecular flexibility index (Phi) is 7.06. The zero-order chi connectivity index (χ0) is 15.8. The lowest BCUT2D eigenvalue weighted by atomic mass is 9.89. The van der Waals surface area contributed by atoms with Crippen LogP contribution in [-0.4, -0.2) is 41.7 Å². The van der Waals surface area contributed by atoms with E-state index in [9.17, 15) is 10.2 Å². The van der Waals surface area contributed by atoms with Crippen molar-refractivity contribution in [2.45, 2.75) is 44.2 Å². The van der Waals surface area contributed by atoms with Crippen molar-refractivity contribution in [3.8, 4) is 0 Å². The van der Waals surface area contributed by atoms with E-state index >= 15 is 0 Å². The second-order valence-electron chi connectivity index (χ2n) is 5.79. The van der Waals surface area contributed by atoms with E-state index < -0.39 is 12.2 Å². The molecule has 0 bridgehead atoms. The number of benzene rings is 1. The Bertz CT molecular complexity index is 430. The molecule has 0 spiro atoms. The molecule has 2 N–H and O–H groups in total. The Morgan fingerprint density at radius 3 is 2.64 bits per heavy atom. The van der Waals surface area contributed by atoms with Crippen molar-refractivity contribution in [1.82, 2.24) is 0 Å². The maximum atomic E-state index is 10.1. The summed E-state index contributed by atoms with van der Waals surface area (Å²) in [4.78, 5) is 0. The molecule has 1 heterocycles. The molecule has 0 aliphatic carbocycles. The normalized spacial score (nSPS) is 21.1. The SMILES string of the molecule is C=C[C@@H](O)[C@H](CCCCOCc1ccccc1)[C@@H](O)[C@H]1CO1. The van der Waals surface area contributed by atoms with Gasteiger partial charge in [0, 0.05) is 12.5 Å². The summed E-state index contributed by atoms with van der Waals surface area (Å²) in [6, 6.07) is 10.1. The minimum Gasteiger partial charge on any atom is -0.390 e. The van der Waals surface area contributed by atoms with Gasteiger partial charge in [-0.05, 0) is 18.4 Å². The highest BCUT2D eigenvalue weighted by Gasteiger charge is 2.38. The fourth-order valence-corrected chi connectivity index (χ4v) is 2.60. The highest BCUT2D eigenvalue weighted by atomic mass is 16.6. The summed E-state index contributed by atoms with van der Waals surface area (Å²) >= 11 is 0. The van der Waals surface area contributed by atoms with Gasteiger partial charge in [0.15, 0.2) is 0 Å². The molecule has 22 heavy (non-hydrogen) atoms. The van der Waals surface area contributed by atoms with Gasteiger partial charge in [-0.1, -0.05) is 42.8 Å². The van der Waals surface area contributed by atoms with Gasteiger partial charge < -0.3 is 19.7 Å². The lowest BCUT2D eigenvalue weighted by Crippen LogP contribution is -2.34. The highest BCUT2D eigenvalue weighted by molar-refractivity contribution is 5.13. The van der Waals surface area contributed by atoms with Crippen LogP contribution in [0.1, 0.15) is 24.8 Å². The minimum absolute atomic E-state index is 0.117. The molecule has 0 aromatic heterocycles. The van der Waals surface area contributed by atoms with Gasteiger partial charge in [-0.2, -0.15) is 0 Å². The van der Waals surface area contributed by atoms with Crippen LogP contribution in [-0.2, 0) is 16.1 Å². The summed E-state index contributed by atoms with van der Waals surface area (Å²) in [5.74, 6) is -0.209. The molecule has 0 radical (unpaired) electrons. The van der Waals surface area contributed by atoms with Gasteiger partial charge in [0.25, 0.3) is 0 Å². The summed E-state index contributed by atoms with van der Waals surface area (Å²) in [6.45, 7) is 5.50. The van der Waals surface area contributed by atoms with E-state index in [4.69, 9.17) is 9.47 Å². The first-order valence-corrected chi connectivity index (χ1v) is 7.94. The van der Waals surface area contributed by atoms with E-state index in [2.05, 4.69) is 6.58 Å².